The number of aryl methyl sites for hydroxylation is 2. The Balaban J connectivity index is 1.59. The van der Waals surface area contributed by atoms with Crippen molar-refractivity contribution in [3.8, 4) is 0 Å². The first-order valence-corrected chi connectivity index (χ1v) is 9.30. The minimum absolute atomic E-state index is 0.0524. The van der Waals surface area contributed by atoms with Gasteiger partial charge in [-0.05, 0) is 50.8 Å². The number of aliphatic hydroxyl groups is 1. The van der Waals surface area contributed by atoms with E-state index in [4.69, 9.17) is 4.74 Å². The molecule has 2 atom stereocenters. The van der Waals surface area contributed by atoms with Gasteiger partial charge in [0.2, 0.25) is 5.91 Å². The molecule has 2 fully saturated rings. The van der Waals surface area contributed by atoms with E-state index in [1.165, 1.54) is 11.1 Å². The van der Waals surface area contributed by atoms with Crippen molar-refractivity contribution in [2.24, 2.45) is 5.41 Å². The molecule has 25 heavy (non-hydrogen) atoms. The summed E-state index contributed by atoms with van der Waals surface area (Å²) in [7, 11) is 0. The molecular formula is C21H29NO3. The molecule has 1 aliphatic carbocycles. The van der Waals surface area contributed by atoms with Crippen molar-refractivity contribution in [3.05, 3.63) is 41.0 Å². The van der Waals surface area contributed by atoms with E-state index in [-0.39, 0.29) is 23.5 Å². The van der Waals surface area contributed by atoms with Crippen molar-refractivity contribution < 1.29 is 14.6 Å². The predicted octanol–water partition coefficient (Wildman–Crippen LogP) is 3.10. The van der Waals surface area contributed by atoms with E-state index in [0.717, 1.165) is 24.8 Å². The summed E-state index contributed by atoms with van der Waals surface area (Å²) in [6, 6.07) is 6.24. The van der Waals surface area contributed by atoms with Crippen LogP contribution in [0.4, 0.5) is 0 Å². The number of ether oxygens (including phenoxy) is 1. The average molecular weight is 343 g/mol. The first-order chi connectivity index (χ1) is 12.0. The quantitative estimate of drug-likeness (QED) is 0.855. The van der Waals surface area contributed by atoms with Gasteiger partial charge in [-0.15, -0.1) is 0 Å². The van der Waals surface area contributed by atoms with Crippen molar-refractivity contribution in [1.82, 2.24) is 4.90 Å². The Morgan fingerprint density at radius 2 is 2.08 bits per heavy atom. The number of aliphatic hydroxyl groups excluding tert-OH is 1. The highest BCUT2D eigenvalue weighted by Gasteiger charge is 2.56. The fraction of sp³-hybridized carbons (Fsp3) is 0.571. The smallest absolute Gasteiger partial charge is 0.246 e. The number of amides is 1. The first kappa shape index (κ1) is 18.2. The highest BCUT2D eigenvalue weighted by atomic mass is 16.5. The summed E-state index contributed by atoms with van der Waals surface area (Å²) in [6.07, 6.45) is 5.82. The van der Waals surface area contributed by atoms with Gasteiger partial charge in [0, 0.05) is 37.6 Å². The van der Waals surface area contributed by atoms with Crippen LogP contribution < -0.4 is 0 Å². The highest BCUT2D eigenvalue weighted by Crippen LogP contribution is 2.50. The Hall–Kier alpha value is -1.65. The SMILES string of the molecule is CCOC1CC(O)C12CCN(C(=O)/C=C/c1ccc(C)cc1C)CC2. The second-order valence-corrected chi connectivity index (χ2v) is 7.45. The van der Waals surface area contributed by atoms with Gasteiger partial charge in [0.1, 0.15) is 0 Å². The monoisotopic (exact) mass is 343 g/mol. The standard InChI is InChI=1S/C21H29NO3/c1-4-25-19-14-18(23)21(19)9-11-22(12-10-21)20(24)8-7-17-6-5-15(2)13-16(17)3/h5-8,13,18-19,23H,4,9-12,14H2,1-3H3/b8-7+. The second kappa shape index (κ2) is 7.30. The van der Waals surface area contributed by atoms with Crippen molar-refractivity contribution in [2.75, 3.05) is 19.7 Å². The molecule has 0 aromatic heterocycles. The zero-order chi connectivity index (χ0) is 18.0. The zero-order valence-corrected chi connectivity index (χ0v) is 15.5. The maximum atomic E-state index is 12.5. The molecule has 1 aromatic rings. The third kappa shape index (κ3) is 3.51. The summed E-state index contributed by atoms with van der Waals surface area (Å²) < 4.78 is 5.79. The molecule has 3 rings (SSSR count). The van der Waals surface area contributed by atoms with E-state index in [1.807, 2.05) is 17.9 Å². The van der Waals surface area contributed by atoms with Crippen LogP contribution in [-0.4, -0.2) is 47.8 Å². The molecule has 1 aromatic carbocycles. The number of nitrogens with zero attached hydrogens (tertiary/aromatic N) is 1. The summed E-state index contributed by atoms with van der Waals surface area (Å²) in [5.74, 6) is 0.0524. The largest absolute Gasteiger partial charge is 0.392 e. The molecule has 2 aliphatic rings. The lowest BCUT2D eigenvalue weighted by molar-refractivity contribution is -0.209. The molecule has 2 unspecified atom stereocenters. The molecule has 136 valence electrons. The summed E-state index contributed by atoms with van der Waals surface area (Å²) in [5, 5.41) is 10.3. The molecular weight excluding hydrogens is 314 g/mol. The van der Waals surface area contributed by atoms with Gasteiger partial charge in [-0.1, -0.05) is 23.8 Å². The maximum Gasteiger partial charge on any atom is 0.246 e. The Morgan fingerprint density at radius 3 is 2.68 bits per heavy atom. The molecule has 4 nitrogen and oxygen atoms in total. The maximum absolute atomic E-state index is 12.5. The van der Waals surface area contributed by atoms with Gasteiger partial charge in [-0.3, -0.25) is 4.79 Å². The van der Waals surface area contributed by atoms with Gasteiger partial charge in [-0.25, -0.2) is 0 Å². The Bertz CT molecular complexity index is 657. The van der Waals surface area contributed by atoms with Crippen LogP contribution in [0.5, 0.6) is 0 Å². The highest BCUT2D eigenvalue weighted by molar-refractivity contribution is 5.92. The van der Waals surface area contributed by atoms with Gasteiger partial charge in [0.25, 0.3) is 0 Å². The molecule has 4 heteroatoms. The molecule has 1 saturated heterocycles. The molecule has 1 aliphatic heterocycles. The zero-order valence-electron chi connectivity index (χ0n) is 15.5. The molecule has 0 radical (unpaired) electrons. The van der Waals surface area contributed by atoms with Gasteiger partial charge in [0.15, 0.2) is 0 Å². The van der Waals surface area contributed by atoms with Crippen LogP contribution in [0.1, 0.15) is 42.9 Å². The molecule has 1 N–H and O–H groups in total. The molecule has 1 heterocycles. The van der Waals surface area contributed by atoms with Crippen LogP contribution in [0.2, 0.25) is 0 Å². The second-order valence-electron chi connectivity index (χ2n) is 7.45. The van der Waals surface area contributed by atoms with E-state index in [2.05, 4.69) is 32.0 Å². The van der Waals surface area contributed by atoms with Crippen molar-refractivity contribution in [2.45, 2.75) is 52.2 Å². The summed E-state index contributed by atoms with van der Waals surface area (Å²) in [6.45, 7) is 8.19. The number of likely N-dealkylation sites (tertiary alicyclic amines) is 1. The van der Waals surface area contributed by atoms with Crippen LogP contribution in [0.15, 0.2) is 24.3 Å². The number of carbonyl (C=O) groups excluding carboxylic acids is 1. The van der Waals surface area contributed by atoms with E-state index >= 15 is 0 Å². The van der Waals surface area contributed by atoms with E-state index in [0.29, 0.717) is 19.7 Å². The third-order valence-electron chi connectivity index (χ3n) is 5.95. The summed E-state index contributed by atoms with van der Waals surface area (Å²) in [4.78, 5) is 14.4. The Labute approximate surface area is 150 Å². The van der Waals surface area contributed by atoms with Crippen molar-refractivity contribution in [1.29, 1.82) is 0 Å². The number of hydrogen-bond acceptors (Lipinski definition) is 3. The normalized spacial score (nSPS) is 25.4. The van der Waals surface area contributed by atoms with Crippen LogP contribution in [0.3, 0.4) is 0 Å². The van der Waals surface area contributed by atoms with Crippen molar-refractivity contribution in [3.63, 3.8) is 0 Å². The number of rotatable bonds is 4. The fourth-order valence-corrected chi connectivity index (χ4v) is 4.24. The predicted molar refractivity (Wildman–Crippen MR) is 99.2 cm³/mol. The third-order valence-corrected chi connectivity index (χ3v) is 5.95. The lowest BCUT2D eigenvalue weighted by Gasteiger charge is -2.56. The minimum Gasteiger partial charge on any atom is -0.392 e. The number of hydrogen-bond donors (Lipinski definition) is 1. The lowest BCUT2D eigenvalue weighted by atomic mass is 9.58. The molecule has 0 bridgehead atoms. The van der Waals surface area contributed by atoms with E-state index in [1.54, 1.807) is 6.08 Å². The van der Waals surface area contributed by atoms with Crippen LogP contribution in [0.25, 0.3) is 6.08 Å². The van der Waals surface area contributed by atoms with Crippen LogP contribution in [-0.2, 0) is 9.53 Å². The van der Waals surface area contributed by atoms with E-state index < -0.39 is 0 Å². The van der Waals surface area contributed by atoms with E-state index in [9.17, 15) is 9.90 Å². The average Bonchev–Trinajstić information content (AvgIpc) is 2.61. The summed E-state index contributed by atoms with van der Waals surface area (Å²) in [5.41, 5.74) is 3.35. The molecule has 1 spiro atoms. The Kier molecular flexibility index (Phi) is 5.30. The number of piperidine rings is 1. The topological polar surface area (TPSA) is 49.8 Å². The Morgan fingerprint density at radius 1 is 1.36 bits per heavy atom. The lowest BCUT2D eigenvalue weighted by Crippen LogP contribution is -2.62. The number of carbonyl (C=O) groups is 1. The molecule has 1 saturated carbocycles. The summed E-state index contributed by atoms with van der Waals surface area (Å²) >= 11 is 0. The fourth-order valence-electron chi connectivity index (χ4n) is 4.24. The first-order valence-electron chi connectivity index (χ1n) is 9.30. The minimum atomic E-state index is -0.285. The van der Waals surface area contributed by atoms with Crippen molar-refractivity contribution >= 4 is 12.0 Å². The van der Waals surface area contributed by atoms with Gasteiger partial charge < -0.3 is 14.7 Å². The van der Waals surface area contributed by atoms with Crippen LogP contribution in [0, 0.1) is 19.3 Å². The number of benzene rings is 1. The molecule has 1 amide bonds. The van der Waals surface area contributed by atoms with Gasteiger partial charge >= 0.3 is 0 Å². The van der Waals surface area contributed by atoms with Gasteiger partial charge in [-0.2, -0.15) is 0 Å². The van der Waals surface area contributed by atoms with Crippen LogP contribution >= 0.6 is 0 Å². The van der Waals surface area contributed by atoms with Gasteiger partial charge in [0.05, 0.1) is 12.2 Å².